The van der Waals surface area contributed by atoms with Crippen molar-refractivity contribution in [3.63, 3.8) is 0 Å². The molecule has 0 saturated heterocycles. The molecule has 0 aromatic carbocycles. The van der Waals surface area contributed by atoms with Gasteiger partial charge in [-0.25, -0.2) is 0 Å². The van der Waals surface area contributed by atoms with Gasteiger partial charge in [0, 0.05) is 12.8 Å². The molecular formula is C28H50O5. The first kappa shape index (κ1) is 31.7. The van der Waals surface area contributed by atoms with Crippen LogP contribution in [0, 0.1) is 0 Å². The summed E-state index contributed by atoms with van der Waals surface area (Å²) in [4.78, 5) is 21.2. The fourth-order valence-electron chi connectivity index (χ4n) is 3.32. The standard InChI is InChI=1S/C28H50O5/c1-3-5-7-9-11-19-25-31-27(21-15-13-17-23-29)33-28(22-16-14-18-24-30)32-26-20-12-10-8-6-4-2/h15-16,21-24,27-28H,3-14,17-20,25-26H2,1-2H3. The molecule has 0 aromatic heterocycles. The molecule has 0 radical (unpaired) electrons. The topological polar surface area (TPSA) is 61.8 Å². The summed E-state index contributed by atoms with van der Waals surface area (Å²) in [6.07, 6.45) is 25.2. The highest BCUT2D eigenvalue weighted by atomic mass is 16.8. The Bertz CT molecular complexity index is 433. The van der Waals surface area contributed by atoms with Crippen LogP contribution in [0.2, 0.25) is 0 Å². The van der Waals surface area contributed by atoms with Crippen molar-refractivity contribution in [3.05, 3.63) is 24.3 Å². The highest BCUT2D eigenvalue weighted by Gasteiger charge is 2.13. The molecule has 0 heterocycles. The Labute approximate surface area is 203 Å². The van der Waals surface area contributed by atoms with Gasteiger partial charge in [0.2, 0.25) is 0 Å². The second kappa shape index (κ2) is 26.9. The summed E-state index contributed by atoms with van der Waals surface area (Å²) < 4.78 is 18.1. The van der Waals surface area contributed by atoms with Crippen molar-refractivity contribution in [1.82, 2.24) is 0 Å². The average Bonchev–Trinajstić information content (AvgIpc) is 2.82. The first-order chi connectivity index (χ1) is 16.3. The minimum Gasteiger partial charge on any atom is -0.349 e. The number of carbonyl (C=O) groups excluding carboxylic acids is 2. The molecule has 0 aliphatic rings. The van der Waals surface area contributed by atoms with E-state index in [1.807, 2.05) is 24.3 Å². The zero-order chi connectivity index (χ0) is 24.2. The first-order valence-corrected chi connectivity index (χ1v) is 13.4. The number of aldehydes is 2. The van der Waals surface area contributed by atoms with Gasteiger partial charge in [-0.3, -0.25) is 0 Å². The SMILES string of the molecule is CCCCCCCCOC(C=CCCC=O)OC(C=CCCC=O)OCCCCCCCC. The predicted octanol–water partition coefficient (Wildman–Crippen LogP) is 7.48. The van der Waals surface area contributed by atoms with Crippen molar-refractivity contribution >= 4 is 12.6 Å². The summed E-state index contributed by atoms with van der Waals surface area (Å²) >= 11 is 0. The molecule has 0 amide bonds. The summed E-state index contributed by atoms with van der Waals surface area (Å²) in [5.41, 5.74) is 0. The highest BCUT2D eigenvalue weighted by Crippen LogP contribution is 2.12. The van der Waals surface area contributed by atoms with E-state index in [9.17, 15) is 9.59 Å². The predicted molar refractivity (Wildman–Crippen MR) is 136 cm³/mol. The third kappa shape index (κ3) is 23.6. The van der Waals surface area contributed by atoms with Crippen LogP contribution in [0.4, 0.5) is 0 Å². The van der Waals surface area contributed by atoms with Crippen LogP contribution in [0.5, 0.6) is 0 Å². The zero-order valence-electron chi connectivity index (χ0n) is 21.4. The number of ether oxygens (including phenoxy) is 3. The quantitative estimate of drug-likeness (QED) is 0.0572. The molecule has 0 N–H and O–H groups in total. The molecule has 0 saturated carbocycles. The van der Waals surface area contributed by atoms with Crippen LogP contribution in [0.15, 0.2) is 24.3 Å². The molecule has 0 rings (SSSR count). The second-order valence-corrected chi connectivity index (χ2v) is 8.49. The van der Waals surface area contributed by atoms with Gasteiger partial charge in [0.05, 0.1) is 13.2 Å². The molecule has 0 spiro atoms. The van der Waals surface area contributed by atoms with Gasteiger partial charge in [-0.2, -0.15) is 0 Å². The minimum atomic E-state index is -0.516. The number of carbonyl (C=O) groups is 2. The largest absolute Gasteiger partial charge is 0.349 e. The lowest BCUT2D eigenvalue weighted by Crippen LogP contribution is -2.25. The van der Waals surface area contributed by atoms with Crippen molar-refractivity contribution < 1.29 is 23.8 Å². The lowest BCUT2D eigenvalue weighted by atomic mass is 10.1. The number of hydrogen-bond donors (Lipinski definition) is 0. The van der Waals surface area contributed by atoms with Crippen molar-refractivity contribution in [2.45, 2.75) is 129 Å². The molecule has 0 aliphatic heterocycles. The monoisotopic (exact) mass is 466 g/mol. The Balaban J connectivity index is 4.65. The average molecular weight is 467 g/mol. The first-order valence-electron chi connectivity index (χ1n) is 13.4. The van der Waals surface area contributed by atoms with Gasteiger partial charge in [-0.1, -0.05) is 90.2 Å². The number of allylic oxidation sites excluding steroid dienone is 2. The van der Waals surface area contributed by atoms with Gasteiger partial charge in [0.25, 0.3) is 0 Å². The van der Waals surface area contributed by atoms with Crippen LogP contribution < -0.4 is 0 Å². The van der Waals surface area contributed by atoms with Crippen LogP contribution in [0.25, 0.3) is 0 Å². The van der Waals surface area contributed by atoms with E-state index >= 15 is 0 Å². The fourth-order valence-corrected chi connectivity index (χ4v) is 3.32. The van der Waals surface area contributed by atoms with E-state index in [0.29, 0.717) is 38.9 Å². The maximum atomic E-state index is 10.6. The molecule has 5 heteroatoms. The van der Waals surface area contributed by atoms with E-state index in [0.717, 1.165) is 38.3 Å². The number of unbranched alkanes of at least 4 members (excludes halogenated alkanes) is 12. The maximum absolute atomic E-state index is 10.6. The van der Waals surface area contributed by atoms with Crippen LogP contribution >= 0.6 is 0 Å². The van der Waals surface area contributed by atoms with Gasteiger partial charge in [0.15, 0.2) is 12.6 Å². The third-order valence-corrected chi connectivity index (χ3v) is 5.32. The van der Waals surface area contributed by atoms with Gasteiger partial charge < -0.3 is 23.8 Å². The third-order valence-electron chi connectivity index (χ3n) is 5.32. The van der Waals surface area contributed by atoms with E-state index < -0.39 is 12.6 Å². The molecule has 33 heavy (non-hydrogen) atoms. The Morgan fingerprint density at radius 3 is 1.33 bits per heavy atom. The molecule has 5 nitrogen and oxygen atoms in total. The van der Waals surface area contributed by atoms with Gasteiger partial charge >= 0.3 is 0 Å². The Hall–Kier alpha value is -1.30. The summed E-state index contributed by atoms with van der Waals surface area (Å²) in [6, 6.07) is 0. The van der Waals surface area contributed by atoms with Crippen LogP contribution in [-0.2, 0) is 23.8 Å². The molecule has 2 atom stereocenters. The minimum absolute atomic E-state index is 0.490. The summed E-state index contributed by atoms with van der Waals surface area (Å²) in [6.45, 7) is 5.71. The molecule has 0 fully saturated rings. The van der Waals surface area contributed by atoms with Crippen LogP contribution in [0.3, 0.4) is 0 Å². The number of rotatable bonds is 26. The summed E-state index contributed by atoms with van der Waals surface area (Å²) in [5, 5.41) is 0. The van der Waals surface area contributed by atoms with Gasteiger partial charge in [-0.05, 0) is 37.8 Å². The van der Waals surface area contributed by atoms with E-state index in [1.54, 1.807) is 0 Å². The van der Waals surface area contributed by atoms with E-state index in [2.05, 4.69) is 13.8 Å². The molecule has 0 aliphatic carbocycles. The highest BCUT2D eigenvalue weighted by molar-refractivity contribution is 5.49. The van der Waals surface area contributed by atoms with E-state index in [-0.39, 0.29) is 0 Å². The number of hydrogen-bond acceptors (Lipinski definition) is 5. The van der Waals surface area contributed by atoms with Crippen LogP contribution in [-0.4, -0.2) is 38.4 Å². The fraction of sp³-hybridized carbons (Fsp3) is 0.786. The Kier molecular flexibility index (Phi) is 25.9. The smallest absolute Gasteiger partial charge is 0.180 e. The maximum Gasteiger partial charge on any atom is 0.180 e. The summed E-state index contributed by atoms with van der Waals surface area (Å²) in [7, 11) is 0. The van der Waals surface area contributed by atoms with Crippen molar-refractivity contribution in [1.29, 1.82) is 0 Å². The van der Waals surface area contributed by atoms with Crippen molar-refractivity contribution in [2.75, 3.05) is 13.2 Å². The lowest BCUT2D eigenvalue weighted by molar-refractivity contribution is -0.208. The zero-order valence-corrected chi connectivity index (χ0v) is 21.4. The molecule has 0 aromatic rings. The van der Waals surface area contributed by atoms with Gasteiger partial charge in [-0.15, -0.1) is 0 Å². The Morgan fingerprint density at radius 2 is 0.939 bits per heavy atom. The van der Waals surface area contributed by atoms with Crippen molar-refractivity contribution in [3.8, 4) is 0 Å². The molecule has 0 bridgehead atoms. The van der Waals surface area contributed by atoms with Crippen LogP contribution in [0.1, 0.15) is 117 Å². The molecular weight excluding hydrogens is 416 g/mol. The normalized spacial score (nSPS) is 13.6. The molecule has 192 valence electrons. The Morgan fingerprint density at radius 1 is 0.545 bits per heavy atom. The van der Waals surface area contributed by atoms with E-state index in [1.165, 1.54) is 51.4 Å². The van der Waals surface area contributed by atoms with Gasteiger partial charge in [0.1, 0.15) is 12.6 Å². The summed E-state index contributed by atoms with van der Waals surface area (Å²) in [5.74, 6) is 0. The van der Waals surface area contributed by atoms with E-state index in [4.69, 9.17) is 14.2 Å². The molecule has 2 unspecified atom stereocenters. The van der Waals surface area contributed by atoms with Crippen molar-refractivity contribution in [2.24, 2.45) is 0 Å². The lowest BCUT2D eigenvalue weighted by Gasteiger charge is -2.21. The second-order valence-electron chi connectivity index (χ2n) is 8.49.